The molecule has 0 aliphatic carbocycles. The summed E-state index contributed by atoms with van der Waals surface area (Å²) in [6.07, 6.45) is 5.72. The van der Waals surface area contributed by atoms with Gasteiger partial charge in [-0.1, -0.05) is 26.0 Å². The van der Waals surface area contributed by atoms with Gasteiger partial charge in [0.05, 0.1) is 5.56 Å². The van der Waals surface area contributed by atoms with Crippen LogP contribution >= 0.6 is 0 Å². The van der Waals surface area contributed by atoms with Gasteiger partial charge >= 0.3 is 0 Å². The van der Waals surface area contributed by atoms with Crippen molar-refractivity contribution < 1.29 is 4.79 Å². The lowest BCUT2D eigenvalue weighted by molar-refractivity contribution is 0.102. The minimum atomic E-state index is -0.129. The Bertz CT molecular complexity index is 702. The zero-order valence-electron chi connectivity index (χ0n) is 15.3. The van der Waals surface area contributed by atoms with Crippen LogP contribution < -0.4 is 5.32 Å². The van der Waals surface area contributed by atoms with Crippen molar-refractivity contribution in [2.24, 2.45) is 5.92 Å². The fourth-order valence-electron chi connectivity index (χ4n) is 3.65. The minimum Gasteiger partial charge on any atom is -0.322 e. The number of amides is 1. The molecular formula is C21H27N3O. The molecule has 0 unspecified atom stereocenters. The molecule has 25 heavy (non-hydrogen) atoms. The molecule has 1 amide bonds. The molecule has 4 heteroatoms. The molecule has 0 radical (unpaired) electrons. The van der Waals surface area contributed by atoms with Crippen molar-refractivity contribution >= 4 is 11.6 Å². The van der Waals surface area contributed by atoms with Gasteiger partial charge in [-0.25, -0.2) is 0 Å². The first-order valence-electron chi connectivity index (χ1n) is 8.97. The van der Waals surface area contributed by atoms with Gasteiger partial charge in [-0.05, 0) is 74.1 Å². The number of nitrogens with one attached hydrogen (secondary N) is 1. The topological polar surface area (TPSA) is 45.2 Å². The highest BCUT2D eigenvalue weighted by Gasteiger charge is 2.33. The third kappa shape index (κ3) is 4.07. The number of hydrogen-bond acceptors (Lipinski definition) is 3. The van der Waals surface area contributed by atoms with Crippen LogP contribution in [0.15, 0.2) is 48.8 Å². The molecule has 1 saturated heterocycles. The molecule has 0 spiro atoms. The van der Waals surface area contributed by atoms with Crippen molar-refractivity contribution in [3.63, 3.8) is 0 Å². The molecule has 1 N–H and O–H groups in total. The summed E-state index contributed by atoms with van der Waals surface area (Å²) in [6.45, 7) is 7.03. The fraction of sp³-hybridized carbons (Fsp3) is 0.429. The zero-order valence-corrected chi connectivity index (χ0v) is 15.3. The number of aromatic nitrogens is 1. The van der Waals surface area contributed by atoms with Gasteiger partial charge in [0.2, 0.25) is 0 Å². The van der Waals surface area contributed by atoms with Crippen LogP contribution in [0.4, 0.5) is 5.69 Å². The van der Waals surface area contributed by atoms with Crippen LogP contribution in [0.2, 0.25) is 0 Å². The molecule has 2 aromatic rings. The van der Waals surface area contributed by atoms with Crippen molar-refractivity contribution in [3.8, 4) is 0 Å². The first-order valence-corrected chi connectivity index (χ1v) is 8.97. The molecule has 1 aromatic heterocycles. The number of likely N-dealkylation sites (tertiary alicyclic amines) is 1. The molecule has 0 atom stereocenters. The second-order valence-electron chi connectivity index (χ2n) is 7.57. The predicted molar refractivity (Wildman–Crippen MR) is 102 cm³/mol. The molecule has 3 rings (SSSR count). The SMILES string of the molecule is CN1CCC(C(C)(C)c2ccc(NC(=O)c3cccnc3)cc2)CC1. The quantitative estimate of drug-likeness (QED) is 0.919. The lowest BCUT2D eigenvalue weighted by Crippen LogP contribution is -2.39. The number of piperidine rings is 1. The summed E-state index contributed by atoms with van der Waals surface area (Å²) >= 11 is 0. The van der Waals surface area contributed by atoms with E-state index in [2.05, 4.69) is 48.2 Å². The van der Waals surface area contributed by atoms with E-state index in [0.29, 0.717) is 11.5 Å². The summed E-state index contributed by atoms with van der Waals surface area (Å²) in [5.41, 5.74) is 2.86. The number of carbonyl (C=O) groups excluding carboxylic acids is 1. The summed E-state index contributed by atoms with van der Waals surface area (Å²) in [5, 5.41) is 2.94. The molecule has 1 aromatic carbocycles. The molecule has 1 fully saturated rings. The second kappa shape index (κ2) is 7.36. The van der Waals surface area contributed by atoms with Gasteiger partial charge in [0.25, 0.3) is 5.91 Å². The number of nitrogens with zero attached hydrogens (tertiary/aromatic N) is 2. The third-order valence-corrected chi connectivity index (χ3v) is 5.55. The van der Waals surface area contributed by atoms with Crippen molar-refractivity contribution in [3.05, 3.63) is 59.9 Å². The maximum absolute atomic E-state index is 12.2. The standard InChI is InChI=1S/C21H27N3O/c1-21(2,18-10-13-24(3)14-11-18)17-6-8-19(9-7-17)23-20(25)16-5-4-12-22-15-16/h4-9,12,15,18H,10-11,13-14H2,1-3H3,(H,23,25). The average molecular weight is 337 g/mol. The van der Waals surface area contributed by atoms with Crippen molar-refractivity contribution in [2.75, 3.05) is 25.5 Å². The Balaban J connectivity index is 1.68. The Morgan fingerprint density at radius 3 is 2.44 bits per heavy atom. The van der Waals surface area contributed by atoms with Crippen LogP contribution in [-0.2, 0) is 5.41 Å². The van der Waals surface area contributed by atoms with Crippen LogP contribution in [0.25, 0.3) is 0 Å². The number of carbonyl (C=O) groups is 1. The largest absolute Gasteiger partial charge is 0.322 e. The highest BCUT2D eigenvalue weighted by Crippen LogP contribution is 2.38. The first kappa shape index (κ1) is 17.6. The molecule has 132 valence electrons. The number of pyridine rings is 1. The van der Waals surface area contributed by atoms with Gasteiger partial charge in [-0.15, -0.1) is 0 Å². The van der Waals surface area contributed by atoms with Crippen LogP contribution in [0, 0.1) is 5.92 Å². The lowest BCUT2D eigenvalue weighted by atomic mass is 9.69. The van der Waals surface area contributed by atoms with Gasteiger partial charge in [0.1, 0.15) is 0 Å². The first-order chi connectivity index (χ1) is 12.0. The van der Waals surface area contributed by atoms with E-state index in [1.165, 1.54) is 31.5 Å². The van der Waals surface area contributed by atoms with Gasteiger partial charge < -0.3 is 10.2 Å². The van der Waals surface area contributed by atoms with Gasteiger partial charge in [-0.3, -0.25) is 9.78 Å². The summed E-state index contributed by atoms with van der Waals surface area (Å²) in [7, 11) is 2.20. The predicted octanol–water partition coefficient (Wildman–Crippen LogP) is 3.95. The molecular weight excluding hydrogens is 310 g/mol. The Morgan fingerprint density at radius 2 is 1.84 bits per heavy atom. The monoisotopic (exact) mass is 337 g/mol. The fourth-order valence-corrected chi connectivity index (χ4v) is 3.65. The van der Waals surface area contributed by atoms with E-state index in [-0.39, 0.29) is 11.3 Å². The second-order valence-corrected chi connectivity index (χ2v) is 7.57. The summed E-state index contributed by atoms with van der Waals surface area (Å²) in [4.78, 5) is 18.6. The van der Waals surface area contributed by atoms with Gasteiger partial charge in [0.15, 0.2) is 0 Å². The average Bonchev–Trinajstić information content (AvgIpc) is 2.63. The van der Waals surface area contributed by atoms with Crippen LogP contribution in [0.1, 0.15) is 42.6 Å². The molecule has 1 aliphatic rings. The maximum atomic E-state index is 12.2. The maximum Gasteiger partial charge on any atom is 0.257 e. The Kier molecular flexibility index (Phi) is 5.19. The summed E-state index contributed by atoms with van der Waals surface area (Å²) in [5.74, 6) is 0.565. The normalized spacial score (nSPS) is 16.6. The number of rotatable bonds is 4. The summed E-state index contributed by atoms with van der Waals surface area (Å²) < 4.78 is 0. The smallest absolute Gasteiger partial charge is 0.257 e. The van der Waals surface area contributed by atoms with Crippen molar-refractivity contribution in [2.45, 2.75) is 32.1 Å². The summed E-state index contributed by atoms with van der Waals surface area (Å²) in [6, 6.07) is 11.8. The molecule has 0 bridgehead atoms. The number of hydrogen-bond donors (Lipinski definition) is 1. The highest BCUT2D eigenvalue weighted by atomic mass is 16.1. The molecule has 1 aliphatic heterocycles. The Labute approximate surface area is 150 Å². The van der Waals surface area contributed by atoms with Crippen LogP contribution in [0.5, 0.6) is 0 Å². The van der Waals surface area contributed by atoms with E-state index in [4.69, 9.17) is 0 Å². The van der Waals surface area contributed by atoms with E-state index in [1.807, 2.05) is 12.1 Å². The van der Waals surface area contributed by atoms with E-state index >= 15 is 0 Å². The van der Waals surface area contributed by atoms with E-state index < -0.39 is 0 Å². The van der Waals surface area contributed by atoms with Gasteiger partial charge in [0, 0.05) is 18.1 Å². The zero-order chi connectivity index (χ0) is 17.9. The van der Waals surface area contributed by atoms with E-state index in [0.717, 1.165) is 5.69 Å². The van der Waals surface area contributed by atoms with E-state index in [9.17, 15) is 4.79 Å². The van der Waals surface area contributed by atoms with E-state index in [1.54, 1.807) is 24.5 Å². The minimum absolute atomic E-state index is 0.129. The van der Waals surface area contributed by atoms with Crippen LogP contribution in [0.3, 0.4) is 0 Å². The lowest BCUT2D eigenvalue weighted by Gasteiger charge is -2.40. The Hall–Kier alpha value is -2.20. The number of anilines is 1. The molecule has 0 saturated carbocycles. The molecule has 4 nitrogen and oxygen atoms in total. The number of benzene rings is 1. The highest BCUT2D eigenvalue weighted by molar-refractivity contribution is 6.03. The van der Waals surface area contributed by atoms with Crippen molar-refractivity contribution in [1.29, 1.82) is 0 Å². The van der Waals surface area contributed by atoms with Gasteiger partial charge in [-0.2, -0.15) is 0 Å². The third-order valence-electron chi connectivity index (χ3n) is 5.55. The Morgan fingerprint density at radius 1 is 1.16 bits per heavy atom. The molecule has 2 heterocycles. The van der Waals surface area contributed by atoms with Crippen LogP contribution in [-0.4, -0.2) is 35.9 Å². The van der Waals surface area contributed by atoms with Crippen molar-refractivity contribution in [1.82, 2.24) is 9.88 Å².